The molecule has 0 spiro atoms. The molecule has 0 bridgehead atoms. The van der Waals surface area contributed by atoms with Gasteiger partial charge in [0.25, 0.3) is 0 Å². The molecule has 0 aromatic carbocycles. The van der Waals surface area contributed by atoms with Crippen molar-refractivity contribution in [3.05, 3.63) is 0 Å². The van der Waals surface area contributed by atoms with Gasteiger partial charge in [-0.05, 0) is 5.75 Å². The highest BCUT2D eigenvalue weighted by Gasteiger charge is 2.19. The fourth-order valence-electron chi connectivity index (χ4n) is 1.29. The minimum Gasteiger partial charge on any atom is -0.359 e. The number of carbonyl (C=O) groups is 1. The molecule has 0 saturated carbocycles. The van der Waals surface area contributed by atoms with Crippen LogP contribution in [-0.4, -0.2) is 25.9 Å². The van der Waals surface area contributed by atoms with Gasteiger partial charge >= 0.3 is 0 Å². The molecule has 0 aliphatic heterocycles. The standard InChI is InChI=1S/C9H21NOSSi/c1-4-7-13(2,3)8-10-9(11)5-6-12/h12H,4-8H2,1-3H3,(H,10,11). The average Bonchev–Trinajstić information content (AvgIpc) is 2.02. The van der Waals surface area contributed by atoms with Crippen LogP contribution in [0, 0.1) is 0 Å². The molecular weight excluding hydrogens is 198 g/mol. The van der Waals surface area contributed by atoms with Gasteiger partial charge in [-0.3, -0.25) is 4.79 Å². The van der Waals surface area contributed by atoms with Crippen LogP contribution >= 0.6 is 12.6 Å². The number of carbonyl (C=O) groups excluding carboxylic acids is 1. The zero-order valence-electron chi connectivity index (χ0n) is 8.89. The molecule has 0 rings (SSSR count). The van der Waals surface area contributed by atoms with E-state index in [-0.39, 0.29) is 5.91 Å². The van der Waals surface area contributed by atoms with Crippen molar-refractivity contribution in [3.8, 4) is 0 Å². The van der Waals surface area contributed by atoms with Crippen LogP contribution in [0.25, 0.3) is 0 Å². The minimum absolute atomic E-state index is 0.145. The lowest BCUT2D eigenvalue weighted by Crippen LogP contribution is -2.42. The molecule has 0 heterocycles. The molecular formula is C9H21NOSSi. The predicted octanol–water partition coefficient (Wildman–Crippen LogP) is 2.08. The molecule has 0 atom stereocenters. The molecule has 0 unspecified atom stereocenters. The lowest BCUT2D eigenvalue weighted by atomic mass is 10.5. The Labute approximate surface area is 87.9 Å². The Kier molecular flexibility index (Phi) is 6.50. The Hall–Kier alpha value is 0.0369. The average molecular weight is 219 g/mol. The third-order valence-electron chi connectivity index (χ3n) is 2.03. The molecule has 1 N–H and O–H groups in total. The van der Waals surface area contributed by atoms with E-state index in [9.17, 15) is 4.79 Å². The summed E-state index contributed by atoms with van der Waals surface area (Å²) in [6.45, 7) is 6.83. The summed E-state index contributed by atoms with van der Waals surface area (Å²) in [5.41, 5.74) is 0. The second-order valence-electron chi connectivity index (χ2n) is 4.16. The van der Waals surface area contributed by atoms with E-state index in [0.29, 0.717) is 12.2 Å². The van der Waals surface area contributed by atoms with Gasteiger partial charge in [0.1, 0.15) is 0 Å². The van der Waals surface area contributed by atoms with E-state index >= 15 is 0 Å². The fourth-order valence-corrected chi connectivity index (χ4v) is 3.70. The number of amides is 1. The van der Waals surface area contributed by atoms with Crippen LogP contribution < -0.4 is 5.32 Å². The molecule has 0 aromatic heterocycles. The second-order valence-corrected chi connectivity index (χ2v) is 9.79. The smallest absolute Gasteiger partial charge is 0.220 e. The molecule has 4 heteroatoms. The van der Waals surface area contributed by atoms with E-state index in [1.165, 1.54) is 12.5 Å². The number of nitrogens with one attached hydrogen (secondary N) is 1. The molecule has 78 valence electrons. The number of thiol groups is 1. The van der Waals surface area contributed by atoms with E-state index in [4.69, 9.17) is 0 Å². The Balaban J connectivity index is 3.67. The minimum atomic E-state index is -1.15. The van der Waals surface area contributed by atoms with Crippen molar-refractivity contribution in [3.63, 3.8) is 0 Å². The Bertz CT molecular complexity index is 162. The highest BCUT2D eigenvalue weighted by molar-refractivity contribution is 7.80. The first-order valence-corrected chi connectivity index (χ1v) is 8.94. The molecule has 0 radical (unpaired) electrons. The summed E-state index contributed by atoms with van der Waals surface area (Å²) in [5.74, 6) is 0.786. The summed E-state index contributed by atoms with van der Waals surface area (Å²) in [7, 11) is -1.15. The highest BCUT2D eigenvalue weighted by atomic mass is 32.1. The van der Waals surface area contributed by atoms with Crippen molar-refractivity contribution in [2.45, 2.75) is 38.9 Å². The topological polar surface area (TPSA) is 29.1 Å². The maximum Gasteiger partial charge on any atom is 0.220 e. The first kappa shape index (κ1) is 13.0. The summed E-state index contributed by atoms with van der Waals surface area (Å²) in [5, 5.41) is 2.98. The molecule has 13 heavy (non-hydrogen) atoms. The zero-order valence-corrected chi connectivity index (χ0v) is 10.8. The first-order chi connectivity index (χ1) is 6.02. The van der Waals surface area contributed by atoms with Crippen LogP contribution in [0.15, 0.2) is 0 Å². The normalized spacial score (nSPS) is 11.4. The molecule has 0 saturated heterocycles. The molecule has 0 aliphatic rings. The van der Waals surface area contributed by atoms with Crippen molar-refractivity contribution in [1.82, 2.24) is 5.32 Å². The Morgan fingerprint density at radius 2 is 2.08 bits per heavy atom. The van der Waals surface area contributed by atoms with Gasteiger partial charge < -0.3 is 5.32 Å². The van der Waals surface area contributed by atoms with Crippen LogP contribution in [0.1, 0.15) is 19.8 Å². The summed E-state index contributed by atoms with van der Waals surface area (Å²) < 4.78 is 0. The van der Waals surface area contributed by atoms with Gasteiger partial charge in [0, 0.05) is 12.6 Å². The summed E-state index contributed by atoms with van der Waals surface area (Å²) >= 11 is 4.02. The van der Waals surface area contributed by atoms with Crippen LogP contribution in [0.2, 0.25) is 19.1 Å². The monoisotopic (exact) mass is 219 g/mol. The van der Waals surface area contributed by atoms with Gasteiger partial charge in [0.05, 0.1) is 8.07 Å². The van der Waals surface area contributed by atoms with Crippen LogP contribution in [0.5, 0.6) is 0 Å². The van der Waals surface area contributed by atoms with Crippen LogP contribution in [0.3, 0.4) is 0 Å². The first-order valence-electron chi connectivity index (χ1n) is 4.89. The summed E-state index contributed by atoms with van der Waals surface area (Å²) in [4.78, 5) is 11.2. The number of hydrogen-bond donors (Lipinski definition) is 2. The molecule has 0 aromatic rings. The maximum absolute atomic E-state index is 11.2. The fraction of sp³-hybridized carbons (Fsp3) is 0.889. The summed E-state index contributed by atoms with van der Waals surface area (Å²) in [6, 6.07) is 1.29. The van der Waals surface area contributed by atoms with Gasteiger partial charge in [-0.25, -0.2) is 0 Å². The summed E-state index contributed by atoms with van der Waals surface area (Å²) in [6.07, 6.45) is 2.68. The van der Waals surface area contributed by atoms with Crippen LogP contribution in [0.4, 0.5) is 0 Å². The maximum atomic E-state index is 11.2. The van der Waals surface area contributed by atoms with E-state index in [0.717, 1.165) is 6.17 Å². The lowest BCUT2D eigenvalue weighted by molar-refractivity contribution is -0.120. The van der Waals surface area contributed by atoms with Gasteiger partial charge in [0.2, 0.25) is 5.91 Å². The predicted molar refractivity (Wildman–Crippen MR) is 64.1 cm³/mol. The molecule has 1 amide bonds. The van der Waals surface area contributed by atoms with Gasteiger partial charge in [-0.2, -0.15) is 12.6 Å². The second kappa shape index (κ2) is 6.48. The lowest BCUT2D eigenvalue weighted by Gasteiger charge is -2.21. The SMILES string of the molecule is CCC[Si](C)(C)CNC(=O)CCS. The van der Waals surface area contributed by atoms with Crippen LogP contribution in [-0.2, 0) is 4.79 Å². The van der Waals surface area contributed by atoms with E-state index in [1.54, 1.807) is 0 Å². The molecule has 2 nitrogen and oxygen atoms in total. The third kappa shape index (κ3) is 7.13. The highest BCUT2D eigenvalue weighted by Crippen LogP contribution is 2.09. The van der Waals surface area contributed by atoms with E-state index in [2.05, 4.69) is 38.0 Å². The van der Waals surface area contributed by atoms with Crippen molar-refractivity contribution < 1.29 is 4.79 Å². The van der Waals surface area contributed by atoms with Gasteiger partial charge in [-0.15, -0.1) is 0 Å². The van der Waals surface area contributed by atoms with Crippen molar-refractivity contribution in [2.75, 3.05) is 11.9 Å². The van der Waals surface area contributed by atoms with E-state index in [1.807, 2.05) is 0 Å². The van der Waals surface area contributed by atoms with Crippen molar-refractivity contribution >= 4 is 26.6 Å². The van der Waals surface area contributed by atoms with Crippen molar-refractivity contribution in [1.29, 1.82) is 0 Å². The van der Waals surface area contributed by atoms with Gasteiger partial charge in [0.15, 0.2) is 0 Å². The quantitative estimate of drug-likeness (QED) is 0.520. The third-order valence-corrected chi connectivity index (χ3v) is 5.24. The number of hydrogen-bond acceptors (Lipinski definition) is 2. The largest absolute Gasteiger partial charge is 0.359 e. The number of rotatable bonds is 6. The van der Waals surface area contributed by atoms with Gasteiger partial charge in [-0.1, -0.05) is 32.5 Å². The molecule has 0 aliphatic carbocycles. The van der Waals surface area contributed by atoms with E-state index < -0.39 is 8.07 Å². The zero-order chi connectivity index (χ0) is 10.3. The Morgan fingerprint density at radius 1 is 1.46 bits per heavy atom. The van der Waals surface area contributed by atoms with Crippen molar-refractivity contribution in [2.24, 2.45) is 0 Å². The molecule has 0 fully saturated rings. The Morgan fingerprint density at radius 3 is 2.54 bits per heavy atom.